The third kappa shape index (κ3) is 5.29. The van der Waals surface area contributed by atoms with Crippen molar-refractivity contribution in [2.75, 3.05) is 20.0 Å². The Hall–Kier alpha value is -0.710. The molecule has 18 heavy (non-hydrogen) atoms. The van der Waals surface area contributed by atoms with E-state index in [1.165, 1.54) is 7.11 Å². The summed E-state index contributed by atoms with van der Waals surface area (Å²) in [5.74, 6) is 0.718. The molecular weight excluding hydrogens is 272 g/mol. The van der Waals surface area contributed by atoms with Crippen molar-refractivity contribution < 1.29 is 14.3 Å². The van der Waals surface area contributed by atoms with Gasteiger partial charge in [-0.2, -0.15) is 0 Å². The number of thioether (sulfide) groups is 1. The molecule has 0 N–H and O–H groups in total. The van der Waals surface area contributed by atoms with E-state index in [-0.39, 0.29) is 5.97 Å². The molecule has 0 saturated heterocycles. The first kappa shape index (κ1) is 15.3. The number of rotatable bonds is 7. The predicted molar refractivity (Wildman–Crippen MR) is 74.1 cm³/mol. The molecule has 0 fully saturated rings. The quantitative estimate of drug-likeness (QED) is 0.437. The van der Waals surface area contributed by atoms with Crippen molar-refractivity contribution in [1.82, 2.24) is 0 Å². The Kier molecular flexibility index (Phi) is 7.16. The van der Waals surface area contributed by atoms with Crippen molar-refractivity contribution in [3.63, 3.8) is 0 Å². The number of halogens is 1. The van der Waals surface area contributed by atoms with E-state index >= 15 is 0 Å². The maximum absolute atomic E-state index is 10.9. The molecule has 0 saturated carbocycles. The molecule has 100 valence electrons. The third-order valence-corrected chi connectivity index (χ3v) is 3.79. The lowest BCUT2D eigenvalue weighted by Gasteiger charge is -2.06. The average molecular weight is 289 g/mol. The van der Waals surface area contributed by atoms with E-state index in [0.717, 1.165) is 27.7 Å². The number of benzene rings is 1. The SMILES string of the molecule is COCc1cc(SCCCC(=O)OC)ccc1Cl. The fraction of sp³-hybridized carbons (Fsp3) is 0.462. The number of esters is 1. The van der Waals surface area contributed by atoms with Crippen molar-refractivity contribution in [1.29, 1.82) is 0 Å². The predicted octanol–water partition coefficient (Wildman–Crippen LogP) is 3.53. The first-order valence-corrected chi connectivity index (χ1v) is 7.00. The van der Waals surface area contributed by atoms with Crippen LogP contribution in [0.3, 0.4) is 0 Å². The third-order valence-electron chi connectivity index (χ3n) is 2.34. The Bertz CT molecular complexity index is 396. The summed E-state index contributed by atoms with van der Waals surface area (Å²) < 4.78 is 9.67. The summed E-state index contributed by atoms with van der Waals surface area (Å²) in [7, 11) is 3.05. The van der Waals surface area contributed by atoms with E-state index in [4.69, 9.17) is 16.3 Å². The summed E-state index contributed by atoms with van der Waals surface area (Å²) in [6.45, 7) is 0.509. The van der Waals surface area contributed by atoms with Crippen LogP contribution in [-0.4, -0.2) is 25.9 Å². The van der Waals surface area contributed by atoms with Gasteiger partial charge in [0, 0.05) is 23.4 Å². The van der Waals surface area contributed by atoms with Gasteiger partial charge in [-0.3, -0.25) is 4.79 Å². The molecule has 0 amide bonds. The van der Waals surface area contributed by atoms with Crippen LogP contribution in [0.1, 0.15) is 18.4 Å². The summed E-state index contributed by atoms with van der Waals surface area (Å²) in [5, 5.41) is 0.718. The molecule has 0 aromatic heterocycles. The lowest BCUT2D eigenvalue weighted by Crippen LogP contribution is -2.00. The van der Waals surface area contributed by atoms with Gasteiger partial charge < -0.3 is 9.47 Å². The van der Waals surface area contributed by atoms with E-state index in [1.54, 1.807) is 18.9 Å². The van der Waals surface area contributed by atoms with Gasteiger partial charge in [-0.1, -0.05) is 11.6 Å². The first-order chi connectivity index (χ1) is 8.67. The number of hydrogen-bond donors (Lipinski definition) is 0. The van der Waals surface area contributed by atoms with Gasteiger partial charge in [-0.25, -0.2) is 0 Å². The lowest BCUT2D eigenvalue weighted by atomic mass is 10.2. The van der Waals surface area contributed by atoms with Gasteiger partial charge in [0.15, 0.2) is 0 Å². The number of methoxy groups -OCH3 is 2. The van der Waals surface area contributed by atoms with Gasteiger partial charge in [0.05, 0.1) is 13.7 Å². The second-order valence-corrected chi connectivity index (χ2v) is 5.29. The van der Waals surface area contributed by atoms with Gasteiger partial charge in [0.25, 0.3) is 0 Å². The van der Waals surface area contributed by atoms with Gasteiger partial charge in [-0.05, 0) is 35.9 Å². The Morgan fingerprint density at radius 1 is 1.39 bits per heavy atom. The van der Waals surface area contributed by atoms with Crippen molar-refractivity contribution in [2.45, 2.75) is 24.3 Å². The molecule has 0 unspecified atom stereocenters. The lowest BCUT2D eigenvalue weighted by molar-refractivity contribution is -0.140. The molecule has 0 aliphatic heterocycles. The van der Waals surface area contributed by atoms with E-state index in [1.807, 2.05) is 18.2 Å². The molecule has 0 atom stereocenters. The van der Waals surface area contributed by atoms with E-state index in [0.29, 0.717) is 13.0 Å². The second kappa shape index (κ2) is 8.40. The molecule has 0 bridgehead atoms. The zero-order valence-electron chi connectivity index (χ0n) is 10.6. The Morgan fingerprint density at radius 3 is 2.83 bits per heavy atom. The highest BCUT2D eigenvalue weighted by molar-refractivity contribution is 7.99. The van der Waals surface area contributed by atoms with Crippen molar-refractivity contribution in [3.05, 3.63) is 28.8 Å². The highest BCUT2D eigenvalue weighted by atomic mass is 35.5. The minimum atomic E-state index is -0.160. The van der Waals surface area contributed by atoms with Crippen LogP contribution in [0, 0.1) is 0 Å². The van der Waals surface area contributed by atoms with Crippen molar-refractivity contribution >= 4 is 29.3 Å². The van der Waals surface area contributed by atoms with Crippen molar-refractivity contribution in [3.8, 4) is 0 Å². The monoisotopic (exact) mass is 288 g/mol. The number of hydrogen-bond acceptors (Lipinski definition) is 4. The molecule has 1 rings (SSSR count). The Balaban J connectivity index is 2.42. The van der Waals surface area contributed by atoms with E-state index < -0.39 is 0 Å². The van der Waals surface area contributed by atoms with Crippen LogP contribution in [0.5, 0.6) is 0 Å². The molecule has 0 radical (unpaired) electrons. The Labute approximate surface area is 117 Å². The maximum Gasteiger partial charge on any atom is 0.305 e. The van der Waals surface area contributed by atoms with E-state index in [9.17, 15) is 4.79 Å². The minimum absolute atomic E-state index is 0.160. The molecule has 0 heterocycles. The van der Waals surface area contributed by atoms with Crippen LogP contribution in [0.15, 0.2) is 23.1 Å². The topological polar surface area (TPSA) is 35.5 Å². The Morgan fingerprint density at radius 2 is 2.17 bits per heavy atom. The van der Waals surface area contributed by atoms with Crippen LogP contribution in [0.4, 0.5) is 0 Å². The summed E-state index contributed by atoms with van der Waals surface area (Å²) in [4.78, 5) is 12.1. The molecule has 1 aromatic carbocycles. The van der Waals surface area contributed by atoms with Crippen molar-refractivity contribution in [2.24, 2.45) is 0 Å². The molecule has 5 heteroatoms. The van der Waals surface area contributed by atoms with Crippen LogP contribution in [0.25, 0.3) is 0 Å². The summed E-state index contributed by atoms with van der Waals surface area (Å²) in [6.07, 6.45) is 1.27. The zero-order chi connectivity index (χ0) is 13.4. The highest BCUT2D eigenvalue weighted by Crippen LogP contribution is 2.25. The number of carbonyl (C=O) groups excluding carboxylic acids is 1. The maximum atomic E-state index is 10.9. The van der Waals surface area contributed by atoms with Gasteiger partial charge >= 0.3 is 5.97 Å². The van der Waals surface area contributed by atoms with Gasteiger partial charge in [0.1, 0.15) is 0 Å². The number of carbonyl (C=O) groups is 1. The first-order valence-electron chi connectivity index (χ1n) is 5.64. The molecule has 0 aliphatic carbocycles. The molecule has 0 aliphatic rings. The fourth-order valence-electron chi connectivity index (χ4n) is 1.42. The van der Waals surface area contributed by atoms with Gasteiger partial charge in [0.2, 0.25) is 0 Å². The normalized spacial score (nSPS) is 10.4. The molecular formula is C13H17ClO3S. The average Bonchev–Trinajstić information content (AvgIpc) is 2.38. The molecule has 1 aromatic rings. The van der Waals surface area contributed by atoms with Crippen LogP contribution >= 0.6 is 23.4 Å². The highest BCUT2D eigenvalue weighted by Gasteiger charge is 2.04. The summed E-state index contributed by atoms with van der Waals surface area (Å²) >= 11 is 7.75. The minimum Gasteiger partial charge on any atom is -0.469 e. The smallest absolute Gasteiger partial charge is 0.305 e. The summed E-state index contributed by atoms with van der Waals surface area (Å²) in [5.41, 5.74) is 0.983. The van der Waals surface area contributed by atoms with Crippen LogP contribution in [-0.2, 0) is 20.9 Å². The van der Waals surface area contributed by atoms with Gasteiger partial charge in [-0.15, -0.1) is 11.8 Å². The number of ether oxygens (including phenoxy) is 2. The fourth-order valence-corrected chi connectivity index (χ4v) is 2.50. The molecule has 3 nitrogen and oxygen atoms in total. The standard InChI is InChI=1S/C13H17ClO3S/c1-16-9-10-8-11(5-6-12(10)14)18-7-3-4-13(15)17-2/h5-6,8H,3-4,7,9H2,1-2H3. The summed E-state index contributed by atoms with van der Waals surface area (Å²) in [6, 6.07) is 5.87. The van der Waals surface area contributed by atoms with E-state index in [2.05, 4.69) is 4.74 Å². The zero-order valence-corrected chi connectivity index (χ0v) is 12.1. The second-order valence-electron chi connectivity index (χ2n) is 3.71. The van der Waals surface area contributed by atoms with Crippen LogP contribution in [0.2, 0.25) is 5.02 Å². The largest absolute Gasteiger partial charge is 0.469 e. The molecule has 0 spiro atoms. The van der Waals surface area contributed by atoms with Crippen LogP contribution < -0.4 is 0 Å².